The van der Waals surface area contributed by atoms with E-state index in [9.17, 15) is 19.2 Å². The summed E-state index contributed by atoms with van der Waals surface area (Å²) in [6, 6.07) is 6.42. The summed E-state index contributed by atoms with van der Waals surface area (Å²) in [5.41, 5.74) is 0.0112. The van der Waals surface area contributed by atoms with Crippen LogP contribution in [0.1, 0.15) is 10.4 Å². The lowest BCUT2D eigenvalue weighted by molar-refractivity contribution is -0.129. The highest BCUT2D eigenvalue weighted by atomic mass is 32.3. The molecule has 170 valence electrons. The topological polar surface area (TPSA) is 136 Å². The summed E-state index contributed by atoms with van der Waals surface area (Å²) in [5, 5.41) is 6.06. The lowest BCUT2D eigenvalue weighted by Gasteiger charge is -2.34. The largest absolute Gasteiger partial charge is 0.496 e. The first-order valence-corrected chi connectivity index (χ1v) is 10.9. The second-order valence-electron chi connectivity index (χ2n) is 6.82. The summed E-state index contributed by atoms with van der Waals surface area (Å²) in [6.45, 7) is 0.900. The van der Waals surface area contributed by atoms with Crippen molar-refractivity contribution < 1.29 is 32.3 Å². The fourth-order valence-corrected chi connectivity index (χ4v) is 4.58. The van der Waals surface area contributed by atoms with Crippen LogP contribution in [0.4, 0.5) is 0 Å². The van der Waals surface area contributed by atoms with Crippen LogP contribution >= 0.6 is 10.6 Å². The van der Waals surface area contributed by atoms with Crippen molar-refractivity contribution in [3.05, 3.63) is 53.1 Å². The Bertz CT molecular complexity index is 1030. The smallest absolute Gasteiger partial charge is 0.354 e. The van der Waals surface area contributed by atoms with E-state index in [0.29, 0.717) is 18.8 Å². The molecule has 1 aromatic carbocycles. The number of nitrogens with one attached hydrogen (secondary N) is 2. The Morgan fingerprint density at radius 3 is 2.38 bits per heavy atom. The molecular formula is C20H22N4O7S. The molecule has 0 unspecified atom stereocenters. The number of benzene rings is 1. The molecule has 12 heteroatoms. The van der Waals surface area contributed by atoms with E-state index in [4.69, 9.17) is 13.1 Å². The lowest BCUT2D eigenvalue weighted by atomic mass is 10.2. The molecule has 1 spiro atoms. The van der Waals surface area contributed by atoms with E-state index >= 15 is 0 Å². The van der Waals surface area contributed by atoms with Crippen molar-refractivity contribution in [2.75, 3.05) is 34.3 Å². The van der Waals surface area contributed by atoms with Crippen molar-refractivity contribution >= 4 is 39.5 Å². The van der Waals surface area contributed by atoms with Crippen LogP contribution in [0, 0.1) is 0 Å². The van der Waals surface area contributed by atoms with Gasteiger partial charge in [-0.2, -0.15) is 0 Å². The van der Waals surface area contributed by atoms with Gasteiger partial charge in [0.2, 0.25) is 5.17 Å². The molecule has 3 rings (SSSR count). The molecule has 0 aliphatic carbocycles. The molecule has 2 aliphatic rings. The summed E-state index contributed by atoms with van der Waals surface area (Å²) < 4.78 is 15.9. The number of likely N-dealkylation sites (N-methyl/N-ethyl adjacent to an activating group) is 1. The van der Waals surface area contributed by atoms with Crippen molar-refractivity contribution in [3.8, 4) is 5.75 Å². The molecule has 0 saturated carbocycles. The van der Waals surface area contributed by atoms with Crippen LogP contribution in [-0.2, 0) is 22.7 Å². The van der Waals surface area contributed by atoms with Gasteiger partial charge in [0.1, 0.15) is 11.4 Å². The quantitative estimate of drug-likeness (QED) is 0.628. The zero-order valence-corrected chi connectivity index (χ0v) is 18.4. The number of nitrogens with zero attached hydrogens (tertiary/aromatic N) is 2. The SMILES string of the molecule is COc1ccccc1C(=O)NC1=NC(C(=O)NCCN(C)C)=CS12OC(=O)C=CC(=O)O2. The summed E-state index contributed by atoms with van der Waals surface area (Å²) in [4.78, 5) is 55.6. The fourth-order valence-electron chi connectivity index (χ4n) is 2.67. The number of carbonyl (C=O) groups is 4. The Labute approximate surface area is 185 Å². The van der Waals surface area contributed by atoms with E-state index in [1.807, 2.05) is 19.0 Å². The van der Waals surface area contributed by atoms with E-state index < -0.39 is 34.3 Å². The van der Waals surface area contributed by atoms with Gasteiger partial charge in [0.25, 0.3) is 11.8 Å². The van der Waals surface area contributed by atoms with Gasteiger partial charge < -0.3 is 23.3 Å². The Kier molecular flexibility index (Phi) is 6.95. The van der Waals surface area contributed by atoms with Gasteiger partial charge in [0.15, 0.2) is 0 Å². The summed E-state index contributed by atoms with van der Waals surface area (Å²) in [7, 11) is 1.79. The van der Waals surface area contributed by atoms with Gasteiger partial charge in [-0.3, -0.25) is 14.9 Å². The highest BCUT2D eigenvalue weighted by molar-refractivity contribution is 8.41. The van der Waals surface area contributed by atoms with Crippen LogP contribution in [-0.4, -0.2) is 68.1 Å². The average molecular weight is 462 g/mol. The number of carbonyl (C=O) groups excluding carboxylic acids is 4. The monoisotopic (exact) mass is 462 g/mol. The molecule has 0 radical (unpaired) electrons. The third-order valence-electron chi connectivity index (χ3n) is 4.17. The maximum Gasteiger partial charge on any atom is 0.354 e. The van der Waals surface area contributed by atoms with E-state index in [0.717, 1.165) is 17.6 Å². The molecule has 2 amide bonds. The minimum atomic E-state index is -3.31. The van der Waals surface area contributed by atoms with Crippen molar-refractivity contribution in [2.45, 2.75) is 0 Å². The molecule has 32 heavy (non-hydrogen) atoms. The Morgan fingerprint density at radius 1 is 1.09 bits per heavy atom. The zero-order chi connectivity index (χ0) is 23.3. The van der Waals surface area contributed by atoms with Crippen LogP contribution in [0.2, 0.25) is 0 Å². The first kappa shape index (κ1) is 23.0. The van der Waals surface area contributed by atoms with Crippen molar-refractivity contribution in [3.63, 3.8) is 0 Å². The first-order valence-electron chi connectivity index (χ1n) is 9.40. The van der Waals surface area contributed by atoms with Gasteiger partial charge in [0.05, 0.1) is 18.1 Å². The van der Waals surface area contributed by atoms with E-state index in [1.165, 1.54) is 13.2 Å². The molecule has 2 heterocycles. The molecule has 0 fully saturated rings. The van der Waals surface area contributed by atoms with E-state index in [2.05, 4.69) is 15.6 Å². The Morgan fingerprint density at radius 2 is 1.75 bits per heavy atom. The number of ether oxygens (including phenoxy) is 1. The van der Waals surface area contributed by atoms with Gasteiger partial charge in [-0.05, 0) is 36.8 Å². The van der Waals surface area contributed by atoms with Crippen LogP contribution in [0.15, 0.2) is 52.5 Å². The van der Waals surface area contributed by atoms with Crippen molar-refractivity contribution in [2.24, 2.45) is 4.99 Å². The number of rotatable bonds is 6. The van der Waals surface area contributed by atoms with Gasteiger partial charge in [-0.25, -0.2) is 14.6 Å². The van der Waals surface area contributed by atoms with Crippen LogP contribution in [0.3, 0.4) is 0 Å². The minimum absolute atomic E-state index is 0.156. The van der Waals surface area contributed by atoms with Gasteiger partial charge in [-0.15, -0.1) is 0 Å². The second kappa shape index (κ2) is 9.66. The number of hydrogen-bond acceptors (Lipinski definition) is 9. The zero-order valence-electron chi connectivity index (χ0n) is 17.6. The maximum atomic E-state index is 12.9. The predicted octanol–water partition coefficient (Wildman–Crippen LogP) is 0.605. The maximum absolute atomic E-state index is 12.9. The number of amides is 2. The van der Waals surface area contributed by atoms with Crippen LogP contribution < -0.4 is 15.4 Å². The number of aliphatic imine (C=N–C) groups is 1. The van der Waals surface area contributed by atoms with Crippen molar-refractivity contribution in [1.29, 1.82) is 0 Å². The molecule has 1 aromatic rings. The molecule has 0 bridgehead atoms. The average Bonchev–Trinajstić information content (AvgIpc) is 3.00. The van der Waals surface area contributed by atoms with Crippen LogP contribution in [0.25, 0.3) is 0 Å². The number of methoxy groups -OCH3 is 1. The van der Waals surface area contributed by atoms with Crippen molar-refractivity contribution in [1.82, 2.24) is 15.5 Å². The molecule has 2 aliphatic heterocycles. The highest BCUT2D eigenvalue weighted by Crippen LogP contribution is 2.58. The van der Waals surface area contributed by atoms with E-state index in [-0.39, 0.29) is 16.4 Å². The molecule has 0 atom stereocenters. The Balaban J connectivity index is 1.91. The van der Waals surface area contributed by atoms with Crippen LogP contribution in [0.5, 0.6) is 5.75 Å². The van der Waals surface area contributed by atoms with Gasteiger partial charge >= 0.3 is 11.9 Å². The summed E-state index contributed by atoms with van der Waals surface area (Å²) in [5.74, 6) is -2.70. The Hall–Kier alpha value is -3.64. The summed E-state index contributed by atoms with van der Waals surface area (Å²) in [6.07, 6.45) is 1.79. The lowest BCUT2D eigenvalue weighted by Crippen LogP contribution is -2.35. The predicted molar refractivity (Wildman–Crippen MR) is 116 cm³/mol. The van der Waals surface area contributed by atoms with Gasteiger partial charge in [-0.1, -0.05) is 12.1 Å². The standard InChI is InChI=1S/C20H22N4O7S/c1-24(2)11-10-21-19(28)14-12-32(30-16(25)8-9-17(26)31-32)20(22-14)23-18(27)13-6-4-5-7-15(13)29-3/h4-9,12H,10-11H2,1-3H3,(H,21,28)(H,22,23,27). The molecule has 2 N–H and O–H groups in total. The third-order valence-corrected chi connectivity index (χ3v) is 6.26. The molecule has 0 aromatic heterocycles. The number of amidine groups is 1. The summed E-state index contributed by atoms with van der Waals surface area (Å²) >= 11 is 0. The van der Waals surface area contributed by atoms with Gasteiger partial charge in [0, 0.05) is 25.2 Å². The number of hydrogen-bond donors (Lipinski definition) is 2. The van der Waals surface area contributed by atoms with E-state index in [1.54, 1.807) is 18.2 Å². The molecular weight excluding hydrogens is 440 g/mol. The number of para-hydroxylation sites is 1. The normalized spacial score (nSPS) is 17.6. The fraction of sp³-hybridized carbons (Fsp3) is 0.250. The molecule has 0 saturated heterocycles. The highest BCUT2D eigenvalue weighted by Gasteiger charge is 2.41. The third kappa shape index (κ3) is 5.15. The second-order valence-corrected chi connectivity index (χ2v) is 8.86. The molecule has 11 nitrogen and oxygen atoms in total. The minimum Gasteiger partial charge on any atom is -0.496 e. The first-order chi connectivity index (χ1) is 15.2.